The zero-order valence-electron chi connectivity index (χ0n) is 13.1. The zero-order chi connectivity index (χ0) is 14.9. The number of nitrogens with one attached hydrogen (secondary N) is 1. The lowest BCUT2D eigenvalue weighted by molar-refractivity contribution is 0.422. The standard InChI is InChI=1S/C16H24N4S/c1-16(2,3)15-19-13(11-21-15)10-17-9-12-5-4-7-20-8-6-18-14(12)20/h6,8,11-12,17H,4-5,7,9-10H2,1-3H3/t12-/m0/s1. The summed E-state index contributed by atoms with van der Waals surface area (Å²) in [5.41, 5.74) is 1.31. The lowest BCUT2D eigenvalue weighted by Crippen LogP contribution is -2.26. The summed E-state index contributed by atoms with van der Waals surface area (Å²) >= 11 is 1.76. The lowest BCUT2D eigenvalue weighted by atomic mass is 9.98. The Morgan fingerprint density at radius 3 is 3.05 bits per heavy atom. The van der Waals surface area contributed by atoms with Crippen LogP contribution >= 0.6 is 11.3 Å². The normalized spacial score (nSPS) is 18.7. The Labute approximate surface area is 130 Å². The Kier molecular flexibility index (Phi) is 4.13. The maximum Gasteiger partial charge on any atom is 0.113 e. The molecule has 0 fully saturated rings. The lowest BCUT2D eigenvalue weighted by Gasteiger charge is -2.23. The van der Waals surface area contributed by atoms with Gasteiger partial charge >= 0.3 is 0 Å². The molecule has 4 nitrogen and oxygen atoms in total. The largest absolute Gasteiger partial charge is 0.335 e. The molecule has 0 saturated carbocycles. The first-order valence-electron chi connectivity index (χ1n) is 7.70. The minimum Gasteiger partial charge on any atom is -0.335 e. The zero-order valence-corrected chi connectivity index (χ0v) is 13.9. The average molecular weight is 304 g/mol. The number of hydrogen-bond donors (Lipinski definition) is 1. The van der Waals surface area contributed by atoms with E-state index in [1.54, 1.807) is 11.3 Å². The molecule has 1 N–H and O–H groups in total. The Morgan fingerprint density at radius 1 is 1.43 bits per heavy atom. The fourth-order valence-electron chi connectivity index (χ4n) is 2.81. The molecule has 0 spiro atoms. The van der Waals surface area contributed by atoms with Crippen LogP contribution in [0.3, 0.4) is 0 Å². The molecule has 0 unspecified atom stereocenters. The van der Waals surface area contributed by atoms with Crippen molar-refractivity contribution in [2.75, 3.05) is 6.54 Å². The summed E-state index contributed by atoms with van der Waals surface area (Å²) in [4.78, 5) is 9.24. The second kappa shape index (κ2) is 5.89. The average Bonchev–Trinajstić information content (AvgIpc) is 3.06. The molecule has 0 saturated heterocycles. The number of hydrogen-bond acceptors (Lipinski definition) is 4. The van der Waals surface area contributed by atoms with Crippen LogP contribution in [0.4, 0.5) is 0 Å². The van der Waals surface area contributed by atoms with Gasteiger partial charge in [0, 0.05) is 48.7 Å². The molecule has 2 aromatic rings. The van der Waals surface area contributed by atoms with Crippen LogP contribution in [0, 0.1) is 0 Å². The van der Waals surface area contributed by atoms with Crippen LogP contribution in [0.5, 0.6) is 0 Å². The number of aryl methyl sites for hydroxylation is 1. The van der Waals surface area contributed by atoms with Crippen LogP contribution in [0.15, 0.2) is 17.8 Å². The van der Waals surface area contributed by atoms with Crippen molar-refractivity contribution in [1.82, 2.24) is 19.9 Å². The maximum atomic E-state index is 4.73. The molecule has 0 aliphatic carbocycles. The van der Waals surface area contributed by atoms with Crippen LogP contribution in [-0.4, -0.2) is 21.1 Å². The Hall–Kier alpha value is -1.20. The summed E-state index contributed by atoms with van der Waals surface area (Å²) in [5.74, 6) is 1.77. The minimum absolute atomic E-state index is 0.150. The number of aromatic nitrogens is 3. The quantitative estimate of drug-likeness (QED) is 0.942. The molecule has 3 rings (SSSR count). The molecule has 21 heavy (non-hydrogen) atoms. The molecule has 1 aliphatic heterocycles. The van der Waals surface area contributed by atoms with Gasteiger partial charge in [0.25, 0.3) is 0 Å². The van der Waals surface area contributed by atoms with E-state index in [-0.39, 0.29) is 5.41 Å². The fraction of sp³-hybridized carbons (Fsp3) is 0.625. The predicted molar refractivity (Wildman–Crippen MR) is 86.7 cm³/mol. The van der Waals surface area contributed by atoms with Crippen molar-refractivity contribution in [3.05, 3.63) is 34.3 Å². The van der Waals surface area contributed by atoms with E-state index in [2.05, 4.69) is 47.2 Å². The van der Waals surface area contributed by atoms with Gasteiger partial charge in [-0.1, -0.05) is 20.8 Å². The molecule has 2 aromatic heterocycles. The highest BCUT2D eigenvalue weighted by Gasteiger charge is 2.21. The Morgan fingerprint density at radius 2 is 2.29 bits per heavy atom. The van der Waals surface area contributed by atoms with E-state index in [0.717, 1.165) is 25.3 Å². The highest BCUT2D eigenvalue weighted by molar-refractivity contribution is 7.09. The van der Waals surface area contributed by atoms with Gasteiger partial charge in [-0.3, -0.25) is 0 Å². The van der Waals surface area contributed by atoms with Gasteiger partial charge in [-0.25, -0.2) is 9.97 Å². The molecular formula is C16H24N4S. The summed E-state index contributed by atoms with van der Waals surface area (Å²) < 4.78 is 2.29. The second-order valence-corrected chi connectivity index (χ2v) is 7.70. The summed E-state index contributed by atoms with van der Waals surface area (Å²) in [7, 11) is 0. The number of nitrogens with zero attached hydrogens (tertiary/aromatic N) is 3. The Balaban J connectivity index is 1.54. The monoisotopic (exact) mass is 304 g/mol. The van der Waals surface area contributed by atoms with Gasteiger partial charge in [0.05, 0.1) is 10.7 Å². The molecule has 5 heteroatoms. The van der Waals surface area contributed by atoms with Crippen LogP contribution in [-0.2, 0) is 18.5 Å². The van der Waals surface area contributed by atoms with Crippen LogP contribution in [0.1, 0.15) is 56.1 Å². The van der Waals surface area contributed by atoms with Gasteiger partial charge in [-0.05, 0) is 12.8 Å². The first-order valence-corrected chi connectivity index (χ1v) is 8.58. The van der Waals surface area contributed by atoms with Gasteiger partial charge in [-0.2, -0.15) is 0 Å². The van der Waals surface area contributed by atoms with E-state index in [1.807, 2.05) is 6.20 Å². The SMILES string of the molecule is CC(C)(C)c1nc(CNC[C@@H]2CCCn3ccnc32)cs1. The van der Waals surface area contributed by atoms with E-state index in [0.29, 0.717) is 5.92 Å². The van der Waals surface area contributed by atoms with Gasteiger partial charge in [-0.15, -0.1) is 11.3 Å². The first-order chi connectivity index (χ1) is 10.0. The highest BCUT2D eigenvalue weighted by atomic mass is 32.1. The van der Waals surface area contributed by atoms with Gasteiger partial charge in [0.1, 0.15) is 5.82 Å². The minimum atomic E-state index is 0.150. The van der Waals surface area contributed by atoms with Gasteiger partial charge < -0.3 is 9.88 Å². The fourth-order valence-corrected chi connectivity index (χ4v) is 3.71. The van der Waals surface area contributed by atoms with E-state index >= 15 is 0 Å². The third kappa shape index (κ3) is 3.35. The van der Waals surface area contributed by atoms with Crippen LogP contribution in [0.25, 0.3) is 0 Å². The van der Waals surface area contributed by atoms with Gasteiger partial charge in [0.2, 0.25) is 0 Å². The van der Waals surface area contributed by atoms with Crippen molar-refractivity contribution in [3.63, 3.8) is 0 Å². The molecular weight excluding hydrogens is 280 g/mol. The molecule has 1 atom stereocenters. The molecule has 0 aromatic carbocycles. The molecule has 114 valence electrons. The van der Waals surface area contributed by atoms with Crippen molar-refractivity contribution in [3.8, 4) is 0 Å². The summed E-state index contributed by atoms with van der Waals surface area (Å²) in [6, 6.07) is 0. The van der Waals surface area contributed by atoms with Crippen molar-refractivity contribution in [2.45, 2.75) is 58.0 Å². The van der Waals surface area contributed by atoms with E-state index < -0.39 is 0 Å². The first kappa shape index (κ1) is 14.7. The summed E-state index contributed by atoms with van der Waals surface area (Å²) in [5, 5.41) is 6.95. The number of rotatable bonds is 4. The third-order valence-electron chi connectivity index (χ3n) is 3.95. The summed E-state index contributed by atoms with van der Waals surface area (Å²) in [6.45, 7) is 9.59. The van der Waals surface area contributed by atoms with E-state index in [9.17, 15) is 0 Å². The topological polar surface area (TPSA) is 42.7 Å². The van der Waals surface area contributed by atoms with Crippen molar-refractivity contribution < 1.29 is 0 Å². The molecule has 0 bridgehead atoms. The number of thiazole rings is 1. The smallest absolute Gasteiger partial charge is 0.113 e. The highest BCUT2D eigenvalue weighted by Crippen LogP contribution is 2.26. The molecule has 1 aliphatic rings. The van der Waals surface area contributed by atoms with E-state index in [4.69, 9.17) is 4.98 Å². The summed E-state index contributed by atoms with van der Waals surface area (Å²) in [6.07, 6.45) is 6.50. The van der Waals surface area contributed by atoms with Crippen molar-refractivity contribution in [1.29, 1.82) is 0 Å². The molecule has 0 radical (unpaired) electrons. The van der Waals surface area contributed by atoms with E-state index in [1.165, 1.54) is 23.7 Å². The van der Waals surface area contributed by atoms with Crippen LogP contribution in [0.2, 0.25) is 0 Å². The molecule has 0 amide bonds. The van der Waals surface area contributed by atoms with Gasteiger partial charge in [0.15, 0.2) is 0 Å². The van der Waals surface area contributed by atoms with Crippen LogP contribution < -0.4 is 5.32 Å². The second-order valence-electron chi connectivity index (χ2n) is 6.84. The predicted octanol–water partition coefficient (Wildman–Crippen LogP) is 3.30. The third-order valence-corrected chi connectivity index (χ3v) is 5.27. The van der Waals surface area contributed by atoms with Crippen molar-refractivity contribution >= 4 is 11.3 Å². The number of fused-ring (bicyclic) bond motifs is 1. The van der Waals surface area contributed by atoms with Crippen molar-refractivity contribution in [2.24, 2.45) is 0 Å². The Bertz CT molecular complexity index is 593. The molecule has 3 heterocycles. The maximum absolute atomic E-state index is 4.73. The number of imidazole rings is 1.